The number of fused-ring (bicyclic) bond motifs is 1. The first-order valence-electron chi connectivity index (χ1n) is 12.8. The second-order valence-corrected chi connectivity index (χ2v) is 11.1. The Morgan fingerprint density at radius 3 is 2.37 bits per heavy atom. The maximum Gasteiger partial charge on any atom is 0.277 e. The maximum absolute atomic E-state index is 13.6. The number of para-hydroxylation sites is 2. The van der Waals surface area contributed by atoms with Gasteiger partial charge in [0.25, 0.3) is 5.56 Å². The lowest BCUT2D eigenvalue weighted by Gasteiger charge is -2.53. The van der Waals surface area contributed by atoms with Crippen LogP contribution in [-0.2, 0) is 6.54 Å². The smallest absolute Gasteiger partial charge is 0.277 e. The Bertz CT molecular complexity index is 1260. The summed E-state index contributed by atoms with van der Waals surface area (Å²) >= 11 is 0. The van der Waals surface area contributed by atoms with E-state index < -0.39 is 0 Å². The minimum atomic E-state index is -0.0947. The summed E-state index contributed by atoms with van der Waals surface area (Å²) in [6, 6.07) is 15.0. The van der Waals surface area contributed by atoms with Crippen LogP contribution < -0.4 is 11.3 Å². The fourth-order valence-corrected chi connectivity index (χ4v) is 5.80. The third-order valence-corrected chi connectivity index (χ3v) is 7.60. The first kappa shape index (κ1) is 25.1. The predicted molar refractivity (Wildman–Crippen MR) is 145 cm³/mol. The lowest BCUT2D eigenvalue weighted by Crippen LogP contribution is -2.58. The van der Waals surface area contributed by atoms with Gasteiger partial charge >= 0.3 is 0 Å². The Morgan fingerprint density at radius 2 is 1.66 bits per heavy atom. The number of piperidine rings is 1. The van der Waals surface area contributed by atoms with Crippen molar-refractivity contribution in [2.24, 2.45) is 5.73 Å². The van der Waals surface area contributed by atoms with E-state index in [0.29, 0.717) is 23.4 Å². The molecule has 0 saturated carbocycles. The number of nitrogens with two attached hydrogens (primary N) is 1. The van der Waals surface area contributed by atoms with Gasteiger partial charge in [0.1, 0.15) is 11.5 Å². The van der Waals surface area contributed by atoms with Crippen molar-refractivity contribution in [1.29, 1.82) is 5.41 Å². The molecule has 0 unspecified atom stereocenters. The van der Waals surface area contributed by atoms with Gasteiger partial charge in [0, 0.05) is 28.7 Å². The van der Waals surface area contributed by atoms with Crippen LogP contribution in [0.5, 0.6) is 0 Å². The summed E-state index contributed by atoms with van der Waals surface area (Å²) in [5.74, 6) is -0.0203. The number of unbranched alkanes of at least 4 members (excludes halogenated alkanes) is 2. The van der Waals surface area contributed by atoms with Gasteiger partial charge in [-0.25, -0.2) is 4.98 Å². The molecule has 1 saturated heterocycles. The molecule has 0 atom stereocenters. The molecule has 186 valence electrons. The quantitative estimate of drug-likeness (QED) is 0.255. The Hall–Kier alpha value is -2.99. The molecule has 6 nitrogen and oxygen atoms in total. The van der Waals surface area contributed by atoms with Crippen LogP contribution >= 0.6 is 0 Å². The van der Waals surface area contributed by atoms with Crippen molar-refractivity contribution in [2.45, 2.75) is 83.8 Å². The molecule has 3 N–H and O–H groups in total. The lowest BCUT2D eigenvalue weighted by molar-refractivity contribution is -0.0276. The van der Waals surface area contributed by atoms with Crippen molar-refractivity contribution in [2.75, 3.05) is 6.54 Å². The molecule has 1 aromatic heterocycles. The van der Waals surface area contributed by atoms with Gasteiger partial charge in [0.15, 0.2) is 0 Å². The number of hydrogen-bond acceptors (Lipinski definition) is 4. The molecule has 1 aliphatic rings. The van der Waals surface area contributed by atoms with Crippen molar-refractivity contribution >= 4 is 16.9 Å². The van der Waals surface area contributed by atoms with E-state index in [2.05, 4.69) is 32.6 Å². The number of aromatic nitrogens is 2. The second kappa shape index (κ2) is 9.94. The van der Waals surface area contributed by atoms with Gasteiger partial charge in [0.05, 0.1) is 11.0 Å². The Kier molecular flexibility index (Phi) is 7.13. The molecule has 4 rings (SSSR count). The first-order valence-corrected chi connectivity index (χ1v) is 12.8. The van der Waals surface area contributed by atoms with Crippen LogP contribution in [0.1, 0.15) is 71.8 Å². The molecule has 0 radical (unpaired) electrons. The molecule has 0 aliphatic carbocycles. The summed E-state index contributed by atoms with van der Waals surface area (Å²) in [5.41, 5.74) is 9.41. The highest BCUT2D eigenvalue weighted by Crippen LogP contribution is 2.38. The zero-order chi connectivity index (χ0) is 25.2. The van der Waals surface area contributed by atoms with Gasteiger partial charge in [-0.05, 0) is 84.5 Å². The molecule has 2 heterocycles. The number of rotatable bonds is 8. The van der Waals surface area contributed by atoms with Crippen LogP contribution in [0.2, 0.25) is 0 Å². The summed E-state index contributed by atoms with van der Waals surface area (Å²) < 4.78 is 1.87. The van der Waals surface area contributed by atoms with Gasteiger partial charge < -0.3 is 10.3 Å². The number of nitrogen functional groups attached to an aromatic ring is 1. The van der Waals surface area contributed by atoms with Gasteiger partial charge in [0.2, 0.25) is 0 Å². The molecule has 2 aromatic carbocycles. The number of aryl methyl sites for hydroxylation is 1. The third-order valence-electron chi connectivity index (χ3n) is 7.60. The zero-order valence-electron chi connectivity index (χ0n) is 21.6. The van der Waals surface area contributed by atoms with E-state index in [1.165, 1.54) is 19.3 Å². The van der Waals surface area contributed by atoms with E-state index >= 15 is 0 Å². The molecule has 1 fully saturated rings. The monoisotopic (exact) mass is 473 g/mol. The number of nitrogens with zero attached hydrogens (tertiary/aromatic N) is 3. The summed E-state index contributed by atoms with van der Waals surface area (Å²) in [4.78, 5) is 20.9. The number of hydrogen-bond donors (Lipinski definition) is 2. The highest BCUT2D eigenvalue weighted by atomic mass is 16.1. The van der Waals surface area contributed by atoms with Gasteiger partial charge in [-0.3, -0.25) is 15.1 Å². The van der Waals surface area contributed by atoms with Gasteiger partial charge in [-0.15, -0.1) is 0 Å². The number of nitrogens with one attached hydrogen (secondary N) is 1. The van der Waals surface area contributed by atoms with Crippen molar-refractivity contribution in [3.05, 3.63) is 64.4 Å². The van der Waals surface area contributed by atoms with Crippen LogP contribution in [0.3, 0.4) is 0 Å². The molecule has 0 amide bonds. The number of amidine groups is 1. The second-order valence-electron chi connectivity index (χ2n) is 11.1. The standard InChI is InChI=1S/C29H39N5O/c1-28(2)16-11-17-29(3,4)34(28)19-9-5-8-18-33-24-15-7-6-14-23(24)32-25(27(33)35)21-12-10-13-22(20-21)26(30)31/h6-7,10,12-15,20H,5,8-9,11,16-19H2,1-4H3,(H3,30,31). The average Bonchev–Trinajstić information content (AvgIpc) is 2.81. The van der Waals surface area contributed by atoms with Crippen LogP contribution in [0.15, 0.2) is 53.3 Å². The fraction of sp³-hybridized carbons (Fsp3) is 0.483. The zero-order valence-corrected chi connectivity index (χ0v) is 21.6. The van der Waals surface area contributed by atoms with E-state index in [-0.39, 0.29) is 22.5 Å². The van der Waals surface area contributed by atoms with Gasteiger partial charge in [-0.1, -0.05) is 36.8 Å². The SMILES string of the molecule is CC1(C)CCCC(C)(C)N1CCCCCn1c(=O)c(-c2cccc(C(=N)N)c2)nc2ccccc21. The average molecular weight is 474 g/mol. The Morgan fingerprint density at radius 1 is 0.971 bits per heavy atom. The topological polar surface area (TPSA) is 88.0 Å². The molecule has 0 bridgehead atoms. The minimum Gasteiger partial charge on any atom is -0.384 e. The van der Waals surface area contributed by atoms with Crippen LogP contribution in [0.25, 0.3) is 22.3 Å². The van der Waals surface area contributed by atoms with E-state index in [4.69, 9.17) is 16.1 Å². The number of benzene rings is 2. The normalized spacial score (nSPS) is 17.5. The largest absolute Gasteiger partial charge is 0.384 e. The first-order chi connectivity index (χ1) is 16.6. The van der Waals surface area contributed by atoms with Crippen molar-refractivity contribution in [3.8, 4) is 11.3 Å². The van der Waals surface area contributed by atoms with Crippen LogP contribution in [0.4, 0.5) is 0 Å². The Labute approximate surface area is 208 Å². The summed E-state index contributed by atoms with van der Waals surface area (Å²) in [6.07, 6.45) is 6.94. The Balaban J connectivity index is 1.52. The lowest BCUT2D eigenvalue weighted by atomic mass is 9.79. The van der Waals surface area contributed by atoms with Crippen LogP contribution in [-0.4, -0.2) is 37.9 Å². The molecule has 1 aliphatic heterocycles. The minimum absolute atomic E-state index is 0.0203. The molecule has 3 aromatic rings. The highest BCUT2D eigenvalue weighted by Gasteiger charge is 2.40. The molecule has 6 heteroatoms. The molecule has 35 heavy (non-hydrogen) atoms. The summed E-state index contributed by atoms with van der Waals surface area (Å²) in [7, 11) is 0. The summed E-state index contributed by atoms with van der Waals surface area (Å²) in [6.45, 7) is 11.2. The third kappa shape index (κ3) is 5.32. The van der Waals surface area contributed by atoms with Crippen LogP contribution in [0, 0.1) is 5.41 Å². The van der Waals surface area contributed by atoms with E-state index in [0.717, 1.165) is 36.8 Å². The van der Waals surface area contributed by atoms with E-state index in [1.807, 2.05) is 41.0 Å². The highest BCUT2D eigenvalue weighted by molar-refractivity contribution is 5.96. The van der Waals surface area contributed by atoms with Gasteiger partial charge in [-0.2, -0.15) is 0 Å². The van der Waals surface area contributed by atoms with Crippen molar-refractivity contribution in [1.82, 2.24) is 14.5 Å². The fourth-order valence-electron chi connectivity index (χ4n) is 5.80. The predicted octanol–water partition coefficient (Wildman–Crippen LogP) is 5.56. The van der Waals surface area contributed by atoms with E-state index in [9.17, 15) is 4.79 Å². The van der Waals surface area contributed by atoms with E-state index in [1.54, 1.807) is 12.1 Å². The maximum atomic E-state index is 13.6. The summed E-state index contributed by atoms with van der Waals surface area (Å²) in [5, 5.41) is 7.75. The van der Waals surface area contributed by atoms with Crippen molar-refractivity contribution < 1.29 is 0 Å². The molecular formula is C29H39N5O. The number of likely N-dealkylation sites (tertiary alicyclic amines) is 1. The molecule has 0 spiro atoms. The molecular weight excluding hydrogens is 434 g/mol. The van der Waals surface area contributed by atoms with Crippen molar-refractivity contribution in [3.63, 3.8) is 0 Å².